The monoisotopic (exact) mass is 280 g/mol. The van der Waals surface area contributed by atoms with E-state index in [4.69, 9.17) is 9.15 Å². The van der Waals surface area contributed by atoms with Crippen molar-refractivity contribution in [3.8, 4) is 0 Å². The largest absolute Gasteiger partial charge is 0.424 e. The summed E-state index contributed by atoms with van der Waals surface area (Å²) in [4.78, 5) is 6.62. The van der Waals surface area contributed by atoms with Crippen molar-refractivity contribution in [3.05, 3.63) is 28.4 Å². The summed E-state index contributed by atoms with van der Waals surface area (Å²) < 4.78 is 11.3. The first-order valence-electron chi connectivity index (χ1n) is 6.29. The highest BCUT2D eigenvalue weighted by molar-refractivity contribution is 7.09. The average molecular weight is 280 g/mol. The van der Waals surface area contributed by atoms with Crippen LogP contribution >= 0.6 is 11.3 Å². The maximum Gasteiger partial charge on any atom is 0.233 e. The third-order valence-corrected chi connectivity index (χ3v) is 4.14. The van der Waals surface area contributed by atoms with Crippen molar-refractivity contribution in [2.24, 2.45) is 0 Å². The lowest BCUT2D eigenvalue weighted by atomic mass is 10.2. The predicted octanol–water partition coefficient (Wildman–Crippen LogP) is 1.97. The SMILES string of the molecule is Cc1nnc([C@@H](C)N2CCO[C@@H](c3nccs3)C2)o1. The van der Waals surface area contributed by atoms with Crippen LogP contribution in [-0.4, -0.2) is 39.8 Å². The minimum absolute atomic E-state index is 0.0419. The fraction of sp³-hybridized carbons (Fsp3) is 0.583. The Kier molecular flexibility index (Phi) is 3.58. The molecule has 3 rings (SSSR count). The summed E-state index contributed by atoms with van der Waals surface area (Å²) in [7, 11) is 0. The number of hydrogen-bond donors (Lipinski definition) is 0. The molecule has 102 valence electrons. The first kappa shape index (κ1) is 12.7. The summed E-state index contributed by atoms with van der Waals surface area (Å²) in [5.74, 6) is 1.27. The van der Waals surface area contributed by atoms with Gasteiger partial charge in [0.05, 0.1) is 12.6 Å². The number of hydrogen-bond acceptors (Lipinski definition) is 7. The number of thiazole rings is 1. The van der Waals surface area contributed by atoms with Gasteiger partial charge in [0.25, 0.3) is 0 Å². The van der Waals surface area contributed by atoms with Crippen molar-refractivity contribution in [2.75, 3.05) is 19.7 Å². The van der Waals surface area contributed by atoms with Crippen LogP contribution < -0.4 is 0 Å². The third-order valence-electron chi connectivity index (χ3n) is 3.27. The topological polar surface area (TPSA) is 64.3 Å². The molecule has 1 fully saturated rings. The fourth-order valence-corrected chi connectivity index (χ4v) is 2.88. The zero-order valence-corrected chi connectivity index (χ0v) is 11.8. The number of rotatable bonds is 3. The second-order valence-electron chi connectivity index (χ2n) is 4.56. The zero-order valence-electron chi connectivity index (χ0n) is 10.9. The quantitative estimate of drug-likeness (QED) is 0.856. The fourth-order valence-electron chi connectivity index (χ4n) is 2.20. The number of nitrogens with zero attached hydrogens (tertiary/aromatic N) is 4. The Morgan fingerprint density at radius 1 is 1.47 bits per heavy atom. The van der Waals surface area contributed by atoms with Gasteiger partial charge < -0.3 is 9.15 Å². The number of ether oxygens (including phenoxy) is 1. The lowest BCUT2D eigenvalue weighted by Crippen LogP contribution is -2.39. The summed E-state index contributed by atoms with van der Waals surface area (Å²) in [6.45, 7) is 6.25. The van der Waals surface area contributed by atoms with Crippen molar-refractivity contribution in [1.29, 1.82) is 0 Å². The molecule has 6 nitrogen and oxygen atoms in total. The Morgan fingerprint density at radius 2 is 2.37 bits per heavy atom. The van der Waals surface area contributed by atoms with Crippen molar-refractivity contribution < 1.29 is 9.15 Å². The Bertz CT molecular complexity index is 528. The molecule has 19 heavy (non-hydrogen) atoms. The van der Waals surface area contributed by atoms with Crippen LogP contribution in [0.3, 0.4) is 0 Å². The van der Waals surface area contributed by atoms with Gasteiger partial charge in [-0.2, -0.15) is 0 Å². The van der Waals surface area contributed by atoms with Crippen molar-refractivity contribution in [3.63, 3.8) is 0 Å². The molecule has 2 atom stereocenters. The molecule has 0 amide bonds. The lowest BCUT2D eigenvalue weighted by molar-refractivity contribution is -0.0465. The molecule has 1 aliphatic rings. The Morgan fingerprint density at radius 3 is 3.05 bits per heavy atom. The number of aryl methyl sites for hydroxylation is 1. The first-order valence-corrected chi connectivity index (χ1v) is 7.17. The predicted molar refractivity (Wildman–Crippen MR) is 69.8 cm³/mol. The highest BCUT2D eigenvalue weighted by Gasteiger charge is 2.29. The standard InChI is InChI=1S/C12H16N4O2S/c1-8(11-15-14-9(2)18-11)16-4-5-17-10(7-16)12-13-3-6-19-12/h3,6,8,10H,4-5,7H2,1-2H3/t8-,10-/m1/s1. The summed E-state index contributed by atoms with van der Waals surface area (Å²) in [5, 5.41) is 11.0. The van der Waals surface area contributed by atoms with Crippen LogP contribution in [0.5, 0.6) is 0 Å². The van der Waals surface area contributed by atoms with Crippen LogP contribution in [0.1, 0.15) is 35.9 Å². The van der Waals surface area contributed by atoms with E-state index < -0.39 is 0 Å². The van der Waals surface area contributed by atoms with E-state index in [1.165, 1.54) is 0 Å². The molecule has 1 saturated heterocycles. The minimum atomic E-state index is 0.0419. The molecule has 7 heteroatoms. The Balaban J connectivity index is 1.71. The van der Waals surface area contributed by atoms with Crippen LogP contribution in [-0.2, 0) is 4.74 Å². The molecule has 0 aliphatic carbocycles. The molecular formula is C12H16N4O2S. The molecule has 0 unspecified atom stereocenters. The summed E-state index contributed by atoms with van der Waals surface area (Å²) >= 11 is 1.63. The van der Waals surface area contributed by atoms with Crippen molar-refractivity contribution >= 4 is 11.3 Å². The van der Waals surface area contributed by atoms with E-state index in [0.717, 1.165) is 18.1 Å². The maximum absolute atomic E-state index is 5.78. The molecule has 0 aromatic carbocycles. The molecule has 3 heterocycles. The number of morpholine rings is 1. The van der Waals surface area contributed by atoms with Crippen LogP contribution in [0.4, 0.5) is 0 Å². The van der Waals surface area contributed by atoms with Gasteiger partial charge in [-0.15, -0.1) is 21.5 Å². The van der Waals surface area contributed by atoms with Crippen LogP contribution in [0.15, 0.2) is 16.0 Å². The van der Waals surface area contributed by atoms with E-state index in [1.54, 1.807) is 18.3 Å². The molecule has 2 aromatic rings. The first-order chi connectivity index (χ1) is 9.24. The molecule has 0 spiro atoms. The third kappa shape index (κ3) is 2.68. The minimum Gasteiger partial charge on any atom is -0.424 e. The second kappa shape index (κ2) is 5.36. The van der Waals surface area contributed by atoms with Crippen molar-refractivity contribution in [1.82, 2.24) is 20.1 Å². The van der Waals surface area contributed by atoms with Gasteiger partial charge in [0.15, 0.2) is 0 Å². The van der Waals surface area contributed by atoms with Gasteiger partial charge in [0.1, 0.15) is 11.1 Å². The highest BCUT2D eigenvalue weighted by atomic mass is 32.1. The van der Waals surface area contributed by atoms with Crippen molar-refractivity contribution in [2.45, 2.75) is 26.0 Å². The van der Waals surface area contributed by atoms with Gasteiger partial charge in [0.2, 0.25) is 11.8 Å². The normalized spacial score (nSPS) is 22.5. The van der Waals surface area contributed by atoms with Gasteiger partial charge in [0, 0.05) is 31.6 Å². The molecular weight excluding hydrogens is 264 g/mol. The van der Waals surface area contributed by atoms with Gasteiger partial charge in [-0.05, 0) is 6.92 Å². The number of aromatic nitrogens is 3. The van der Waals surface area contributed by atoms with Crippen LogP contribution in [0, 0.1) is 6.92 Å². The van der Waals surface area contributed by atoms with E-state index in [-0.39, 0.29) is 12.1 Å². The molecule has 0 saturated carbocycles. The van der Waals surface area contributed by atoms with E-state index in [1.807, 2.05) is 11.6 Å². The van der Waals surface area contributed by atoms with Gasteiger partial charge >= 0.3 is 0 Å². The van der Waals surface area contributed by atoms with Crippen LogP contribution in [0.25, 0.3) is 0 Å². The van der Waals surface area contributed by atoms with Gasteiger partial charge in [-0.1, -0.05) is 0 Å². The van der Waals surface area contributed by atoms with Crippen LogP contribution in [0.2, 0.25) is 0 Å². The molecule has 2 aromatic heterocycles. The van der Waals surface area contributed by atoms with Gasteiger partial charge in [-0.25, -0.2) is 4.98 Å². The summed E-state index contributed by atoms with van der Waals surface area (Å²) in [6.07, 6.45) is 1.85. The Labute approximate surface area is 115 Å². The molecule has 0 N–H and O–H groups in total. The van der Waals surface area contributed by atoms with E-state index in [2.05, 4.69) is 27.0 Å². The van der Waals surface area contributed by atoms with E-state index >= 15 is 0 Å². The summed E-state index contributed by atoms with van der Waals surface area (Å²) in [6, 6.07) is 0.104. The maximum atomic E-state index is 5.78. The average Bonchev–Trinajstić information content (AvgIpc) is 3.09. The smallest absolute Gasteiger partial charge is 0.233 e. The van der Waals surface area contributed by atoms with E-state index in [9.17, 15) is 0 Å². The highest BCUT2D eigenvalue weighted by Crippen LogP contribution is 2.28. The zero-order chi connectivity index (χ0) is 13.2. The second-order valence-corrected chi connectivity index (χ2v) is 5.49. The Hall–Kier alpha value is -1.31. The molecule has 0 radical (unpaired) electrons. The summed E-state index contributed by atoms with van der Waals surface area (Å²) in [5.41, 5.74) is 0. The van der Waals surface area contributed by atoms with Gasteiger partial charge in [-0.3, -0.25) is 4.90 Å². The molecule has 0 bridgehead atoms. The lowest BCUT2D eigenvalue weighted by Gasteiger charge is -2.34. The van der Waals surface area contributed by atoms with E-state index in [0.29, 0.717) is 18.4 Å². The molecule has 1 aliphatic heterocycles.